The molecule has 14 heteroatoms. The highest BCUT2D eigenvalue weighted by atomic mass is 19.4. The second-order valence-electron chi connectivity index (χ2n) is 11.2. The van der Waals surface area contributed by atoms with Gasteiger partial charge >= 0.3 is 30.0 Å². The van der Waals surface area contributed by atoms with Gasteiger partial charge in [-0.25, -0.2) is 14.4 Å². The first-order chi connectivity index (χ1) is 21.9. The van der Waals surface area contributed by atoms with Crippen LogP contribution in [0, 0.1) is 5.41 Å². The molecule has 0 atom stereocenters. The largest absolute Gasteiger partial charge is 0.494 e. The predicted molar refractivity (Wildman–Crippen MR) is 163 cm³/mol. The molecule has 252 valence electrons. The van der Waals surface area contributed by atoms with Gasteiger partial charge in [-0.2, -0.15) is 22.0 Å². The molecule has 9 nitrogen and oxygen atoms in total. The fourth-order valence-electron chi connectivity index (χ4n) is 3.79. The highest BCUT2D eigenvalue weighted by molar-refractivity contribution is 5.92. The Bertz CT molecular complexity index is 1550. The number of anilines is 2. The number of rotatable bonds is 14. The Kier molecular flexibility index (Phi) is 11.9. The third kappa shape index (κ3) is 11.6. The van der Waals surface area contributed by atoms with Crippen LogP contribution in [0.4, 0.5) is 33.3 Å². The van der Waals surface area contributed by atoms with Crippen molar-refractivity contribution in [1.82, 2.24) is 0 Å². The number of nitrogen functional groups attached to an aromatic ring is 2. The zero-order chi connectivity index (χ0) is 34.8. The topological polar surface area (TPSA) is 140 Å². The minimum absolute atomic E-state index is 0.0340. The van der Waals surface area contributed by atoms with Gasteiger partial charge in [0.25, 0.3) is 0 Å². The molecule has 0 aliphatic heterocycles. The molecule has 0 spiro atoms. The lowest BCUT2D eigenvalue weighted by Crippen LogP contribution is -2.36. The summed E-state index contributed by atoms with van der Waals surface area (Å²) in [5.74, 6) is -6.36. The standard InChI is InChI=1S/C33H33F5N2O7/c1-31(2,20-46-29(42)23-16-24(39)18-25(40)17-23)19-45-28(41)13-6-21-4-9-27(10-5-21)47-30(43)22-7-11-26(12-8-22)44-15-3-14-32(34,35)33(36,37)38/h4-13,16-18H,3,14-15,19-20,39-40H2,1-2H3. The molecule has 0 heterocycles. The molecular formula is C33H33F5N2O7. The SMILES string of the molecule is CC(C)(COC(=O)C=Cc1ccc(OC(=O)c2ccc(OCCCC(F)(F)C(F)(F)F)cc2)cc1)COC(=O)c1cc(N)cc(N)c1. The number of esters is 3. The highest BCUT2D eigenvalue weighted by Gasteiger charge is 2.56. The average Bonchev–Trinajstić information content (AvgIpc) is 3.00. The first-order valence-electron chi connectivity index (χ1n) is 14.1. The Morgan fingerprint density at radius 2 is 1.32 bits per heavy atom. The summed E-state index contributed by atoms with van der Waals surface area (Å²) in [5, 5.41) is 0. The second-order valence-corrected chi connectivity index (χ2v) is 11.2. The van der Waals surface area contributed by atoms with Gasteiger partial charge in [0.15, 0.2) is 0 Å². The number of hydrogen-bond donors (Lipinski definition) is 2. The molecule has 4 N–H and O–H groups in total. The van der Waals surface area contributed by atoms with Crippen LogP contribution in [-0.2, 0) is 14.3 Å². The lowest BCUT2D eigenvalue weighted by Gasteiger charge is -2.23. The number of carbonyl (C=O) groups is 3. The Morgan fingerprint density at radius 3 is 1.91 bits per heavy atom. The molecule has 3 aromatic rings. The highest BCUT2D eigenvalue weighted by Crippen LogP contribution is 2.38. The molecule has 0 aliphatic carbocycles. The lowest BCUT2D eigenvalue weighted by molar-refractivity contribution is -0.284. The maximum atomic E-state index is 13.0. The summed E-state index contributed by atoms with van der Waals surface area (Å²) in [4.78, 5) is 37.0. The molecule has 47 heavy (non-hydrogen) atoms. The zero-order valence-corrected chi connectivity index (χ0v) is 25.4. The summed E-state index contributed by atoms with van der Waals surface area (Å²) < 4.78 is 83.7. The van der Waals surface area contributed by atoms with Crippen LogP contribution in [0.3, 0.4) is 0 Å². The summed E-state index contributed by atoms with van der Waals surface area (Å²) in [5.41, 5.74) is 12.3. The maximum Gasteiger partial charge on any atom is 0.453 e. The van der Waals surface area contributed by atoms with Crippen molar-refractivity contribution in [3.05, 3.63) is 89.5 Å². The quantitative estimate of drug-likeness (QED) is 0.0472. The van der Waals surface area contributed by atoms with E-state index in [1.54, 1.807) is 26.0 Å². The number of halogens is 5. The van der Waals surface area contributed by atoms with Crippen LogP contribution in [0.2, 0.25) is 0 Å². The molecule has 0 aliphatic rings. The molecule has 0 aromatic heterocycles. The smallest absolute Gasteiger partial charge is 0.453 e. The van der Waals surface area contributed by atoms with E-state index in [9.17, 15) is 36.3 Å². The minimum Gasteiger partial charge on any atom is -0.494 e. The van der Waals surface area contributed by atoms with Crippen molar-refractivity contribution in [1.29, 1.82) is 0 Å². The lowest BCUT2D eigenvalue weighted by atomic mass is 9.96. The Labute approximate surface area is 267 Å². The van der Waals surface area contributed by atoms with Crippen LogP contribution in [0.1, 0.15) is 53.0 Å². The van der Waals surface area contributed by atoms with E-state index in [0.29, 0.717) is 16.9 Å². The van der Waals surface area contributed by atoms with Crippen molar-refractivity contribution >= 4 is 35.4 Å². The third-order valence-electron chi connectivity index (χ3n) is 6.32. The van der Waals surface area contributed by atoms with Crippen LogP contribution < -0.4 is 20.9 Å². The molecule has 0 saturated carbocycles. The number of nitrogens with two attached hydrogens (primary N) is 2. The second kappa shape index (κ2) is 15.4. The van der Waals surface area contributed by atoms with E-state index in [1.807, 2.05) is 0 Å². The van der Waals surface area contributed by atoms with Crippen molar-refractivity contribution < 1.29 is 55.3 Å². The number of benzene rings is 3. The Morgan fingerprint density at radius 1 is 0.745 bits per heavy atom. The summed E-state index contributed by atoms with van der Waals surface area (Å²) in [6.45, 7) is 3.07. The van der Waals surface area contributed by atoms with E-state index >= 15 is 0 Å². The van der Waals surface area contributed by atoms with Gasteiger partial charge in [-0.3, -0.25) is 0 Å². The van der Waals surface area contributed by atoms with Crippen LogP contribution in [0.15, 0.2) is 72.8 Å². The van der Waals surface area contributed by atoms with Crippen molar-refractivity contribution in [2.24, 2.45) is 5.41 Å². The van der Waals surface area contributed by atoms with Crippen LogP contribution in [-0.4, -0.2) is 49.8 Å². The average molecular weight is 665 g/mol. The molecule has 0 unspecified atom stereocenters. The molecule has 0 radical (unpaired) electrons. The number of carbonyl (C=O) groups excluding carboxylic acids is 3. The number of alkyl halides is 5. The fourth-order valence-corrected chi connectivity index (χ4v) is 3.79. The van der Waals surface area contributed by atoms with Gasteiger partial charge in [-0.1, -0.05) is 26.0 Å². The van der Waals surface area contributed by atoms with Crippen molar-refractivity contribution in [2.75, 3.05) is 31.3 Å². The Balaban J connectivity index is 1.41. The van der Waals surface area contributed by atoms with E-state index < -0.39 is 48.3 Å². The van der Waals surface area contributed by atoms with Gasteiger partial charge in [0.05, 0.1) is 30.9 Å². The molecule has 0 saturated heterocycles. The van der Waals surface area contributed by atoms with Gasteiger partial charge in [-0.15, -0.1) is 0 Å². The van der Waals surface area contributed by atoms with Crippen molar-refractivity contribution in [3.8, 4) is 11.5 Å². The van der Waals surface area contributed by atoms with Gasteiger partial charge in [-0.05, 0) is 72.7 Å². The van der Waals surface area contributed by atoms with E-state index in [-0.39, 0.29) is 42.4 Å². The third-order valence-corrected chi connectivity index (χ3v) is 6.32. The van der Waals surface area contributed by atoms with Crippen molar-refractivity contribution in [2.45, 2.75) is 38.8 Å². The summed E-state index contributed by atoms with van der Waals surface area (Å²) in [6.07, 6.45) is -4.83. The summed E-state index contributed by atoms with van der Waals surface area (Å²) in [6, 6.07) is 16.0. The molecule has 0 amide bonds. The van der Waals surface area contributed by atoms with Gasteiger partial charge < -0.3 is 30.4 Å². The molecule has 3 aromatic carbocycles. The van der Waals surface area contributed by atoms with E-state index in [4.69, 9.17) is 30.4 Å². The van der Waals surface area contributed by atoms with Gasteiger partial charge in [0, 0.05) is 29.3 Å². The normalized spacial score (nSPS) is 12.1. The minimum atomic E-state index is -5.61. The van der Waals surface area contributed by atoms with E-state index in [1.165, 1.54) is 66.7 Å². The monoisotopic (exact) mass is 664 g/mol. The van der Waals surface area contributed by atoms with Crippen LogP contribution in [0.5, 0.6) is 11.5 Å². The van der Waals surface area contributed by atoms with Gasteiger partial charge in [0.1, 0.15) is 11.5 Å². The molecule has 3 rings (SSSR count). The maximum absolute atomic E-state index is 13.0. The van der Waals surface area contributed by atoms with Crippen molar-refractivity contribution in [3.63, 3.8) is 0 Å². The summed E-state index contributed by atoms with van der Waals surface area (Å²) >= 11 is 0. The molecular weight excluding hydrogens is 631 g/mol. The number of hydrogen-bond acceptors (Lipinski definition) is 9. The fraction of sp³-hybridized carbons (Fsp3) is 0.303. The first-order valence-corrected chi connectivity index (χ1v) is 14.1. The van der Waals surface area contributed by atoms with Crippen LogP contribution in [0.25, 0.3) is 6.08 Å². The number of ether oxygens (including phenoxy) is 4. The Hall–Kier alpha value is -5.14. The van der Waals surface area contributed by atoms with E-state index in [0.717, 1.165) is 0 Å². The predicted octanol–water partition coefficient (Wildman–Crippen LogP) is 6.87. The molecule has 0 fully saturated rings. The zero-order valence-electron chi connectivity index (χ0n) is 25.4. The van der Waals surface area contributed by atoms with Gasteiger partial charge in [0.2, 0.25) is 0 Å². The summed E-state index contributed by atoms with van der Waals surface area (Å²) in [7, 11) is 0. The van der Waals surface area contributed by atoms with E-state index in [2.05, 4.69) is 0 Å². The molecule has 0 bridgehead atoms. The first kappa shape index (κ1) is 36.3. The van der Waals surface area contributed by atoms with Crippen LogP contribution >= 0.6 is 0 Å².